The van der Waals surface area contributed by atoms with Gasteiger partial charge in [0.25, 0.3) is 0 Å². The predicted octanol–water partition coefficient (Wildman–Crippen LogP) is 2.71. The summed E-state index contributed by atoms with van der Waals surface area (Å²) in [4.78, 5) is 0. The summed E-state index contributed by atoms with van der Waals surface area (Å²) in [6.07, 6.45) is 4.32. The summed E-state index contributed by atoms with van der Waals surface area (Å²) in [5, 5.41) is 0. The van der Waals surface area contributed by atoms with E-state index in [4.69, 9.17) is 4.74 Å². The molecule has 1 heterocycles. The van der Waals surface area contributed by atoms with Gasteiger partial charge in [0.1, 0.15) is 0 Å². The van der Waals surface area contributed by atoms with Crippen molar-refractivity contribution >= 4 is 0 Å². The lowest BCUT2D eigenvalue weighted by atomic mass is 9.86. The van der Waals surface area contributed by atoms with Crippen LogP contribution in [0.3, 0.4) is 0 Å². The molecule has 0 N–H and O–H groups in total. The molecule has 0 spiro atoms. The Morgan fingerprint density at radius 3 is 2.83 bits per heavy atom. The van der Waals surface area contributed by atoms with Crippen molar-refractivity contribution in [3.63, 3.8) is 0 Å². The summed E-state index contributed by atoms with van der Waals surface area (Å²) in [5.74, 6) is 3.70. The maximum atomic E-state index is 5.52. The van der Waals surface area contributed by atoms with E-state index in [2.05, 4.69) is 13.8 Å². The zero-order chi connectivity index (χ0) is 8.55. The van der Waals surface area contributed by atoms with Crippen LogP contribution in [0.1, 0.15) is 33.1 Å². The highest BCUT2D eigenvalue weighted by molar-refractivity contribution is 4.88. The summed E-state index contributed by atoms with van der Waals surface area (Å²) >= 11 is 0. The van der Waals surface area contributed by atoms with Gasteiger partial charge in [-0.3, -0.25) is 0 Å². The van der Waals surface area contributed by atoms with E-state index >= 15 is 0 Å². The molecule has 1 heteroatoms. The third kappa shape index (κ3) is 1.52. The molecule has 2 fully saturated rings. The SMILES string of the molecule is CC(C)CC1CCC2COCC21. The monoisotopic (exact) mass is 168 g/mol. The van der Waals surface area contributed by atoms with Crippen molar-refractivity contribution in [1.82, 2.24) is 0 Å². The standard InChI is InChI=1S/C11H20O/c1-8(2)5-9-3-4-10-6-12-7-11(9)10/h8-11H,3-7H2,1-2H3. The molecule has 1 nitrogen and oxygen atoms in total. The van der Waals surface area contributed by atoms with E-state index in [0.29, 0.717) is 0 Å². The maximum Gasteiger partial charge on any atom is 0.0500 e. The van der Waals surface area contributed by atoms with Gasteiger partial charge in [0.15, 0.2) is 0 Å². The first-order valence-corrected chi connectivity index (χ1v) is 5.35. The highest BCUT2D eigenvalue weighted by atomic mass is 16.5. The van der Waals surface area contributed by atoms with E-state index in [9.17, 15) is 0 Å². The summed E-state index contributed by atoms with van der Waals surface area (Å²) < 4.78 is 5.52. The summed E-state index contributed by atoms with van der Waals surface area (Å²) in [6, 6.07) is 0. The maximum absolute atomic E-state index is 5.52. The quantitative estimate of drug-likeness (QED) is 0.616. The average molecular weight is 168 g/mol. The molecule has 0 aromatic rings. The van der Waals surface area contributed by atoms with Gasteiger partial charge < -0.3 is 4.74 Å². The van der Waals surface area contributed by atoms with Crippen LogP contribution in [0.15, 0.2) is 0 Å². The van der Waals surface area contributed by atoms with Crippen molar-refractivity contribution in [2.45, 2.75) is 33.1 Å². The van der Waals surface area contributed by atoms with Crippen LogP contribution < -0.4 is 0 Å². The minimum absolute atomic E-state index is 0.870. The summed E-state index contributed by atoms with van der Waals surface area (Å²) in [7, 11) is 0. The van der Waals surface area contributed by atoms with Gasteiger partial charge in [-0.05, 0) is 42.9 Å². The molecule has 2 rings (SSSR count). The molecule has 2 aliphatic rings. The normalized spacial score (nSPS) is 40.8. The van der Waals surface area contributed by atoms with Crippen LogP contribution in [-0.2, 0) is 4.74 Å². The molecule has 1 aliphatic heterocycles. The highest BCUT2D eigenvalue weighted by Crippen LogP contribution is 2.43. The van der Waals surface area contributed by atoms with Gasteiger partial charge in [0.2, 0.25) is 0 Å². The highest BCUT2D eigenvalue weighted by Gasteiger charge is 2.39. The first-order chi connectivity index (χ1) is 5.77. The molecule has 1 saturated heterocycles. The Bertz CT molecular complexity index is 153. The fourth-order valence-electron chi connectivity index (χ4n) is 2.97. The first-order valence-electron chi connectivity index (χ1n) is 5.35. The van der Waals surface area contributed by atoms with Crippen molar-refractivity contribution in [2.24, 2.45) is 23.7 Å². The molecule has 3 atom stereocenters. The van der Waals surface area contributed by atoms with Crippen molar-refractivity contribution in [3.8, 4) is 0 Å². The zero-order valence-electron chi connectivity index (χ0n) is 8.25. The Hall–Kier alpha value is -0.0400. The molecular weight excluding hydrogens is 148 g/mol. The topological polar surface area (TPSA) is 9.23 Å². The molecule has 0 aromatic carbocycles. The van der Waals surface area contributed by atoms with Crippen molar-refractivity contribution < 1.29 is 4.74 Å². The molecule has 1 saturated carbocycles. The van der Waals surface area contributed by atoms with Gasteiger partial charge in [-0.25, -0.2) is 0 Å². The predicted molar refractivity (Wildman–Crippen MR) is 50.0 cm³/mol. The first kappa shape index (κ1) is 8.55. The second kappa shape index (κ2) is 3.37. The van der Waals surface area contributed by atoms with Crippen LogP contribution in [0.4, 0.5) is 0 Å². The van der Waals surface area contributed by atoms with Crippen LogP contribution in [0, 0.1) is 23.7 Å². The van der Waals surface area contributed by atoms with Crippen molar-refractivity contribution in [1.29, 1.82) is 0 Å². The largest absolute Gasteiger partial charge is 0.381 e. The van der Waals surface area contributed by atoms with E-state index in [-0.39, 0.29) is 0 Å². The molecule has 0 amide bonds. The minimum Gasteiger partial charge on any atom is -0.381 e. The second-order valence-electron chi connectivity index (χ2n) is 4.93. The minimum atomic E-state index is 0.870. The van der Waals surface area contributed by atoms with Gasteiger partial charge in [0, 0.05) is 6.61 Å². The van der Waals surface area contributed by atoms with E-state index in [1.165, 1.54) is 19.3 Å². The number of fused-ring (bicyclic) bond motifs is 1. The molecule has 0 radical (unpaired) electrons. The Morgan fingerprint density at radius 1 is 1.25 bits per heavy atom. The van der Waals surface area contributed by atoms with Gasteiger partial charge in [-0.2, -0.15) is 0 Å². The molecule has 12 heavy (non-hydrogen) atoms. The van der Waals surface area contributed by atoms with Gasteiger partial charge in [-0.1, -0.05) is 13.8 Å². The van der Waals surface area contributed by atoms with Gasteiger partial charge >= 0.3 is 0 Å². The third-order valence-corrected chi connectivity index (χ3v) is 3.54. The van der Waals surface area contributed by atoms with E-state index in [1.807, 2.05) is 0 Å². The lowest BCUT2D eigenvalue weighted by Gasteiger charge is -2.18. The van der Waals surface area contributed by atoms with E-state index in [0.717, 1.165) is 36.9 Å². The number of hydrogen-bond donors (Lipinski definition) is 0. The van der Waals surface area contributed by atoms with Crippen LogP contribution in [0.25, 0.3) is 0 Å². The Morgan fingerprint density at radius 2 is 2.08 bits per heavy atom. The molecule has 0 aromatic heterocycles. The van der Waals surface area contributed by atoms with Crippen LogP contribution >= 0.6 is 0 Å². The van der Waals surface area contributed by atoms with Crippen LogP contribution in [0.2, 0.25) is 0 Å². The summed E-state index contributed by atoms with van der Waals surface area (Å²) in [5.41, 5.74) is 0. The van der Waals surface area contributed by atoms with Crippen molar-refractivity contribution in [3.05, 3.63) is 0 Å². The molecular formula is C11H20O. The number of rotatable bonds is 2. The average Bonchev–Trinajstić information content (AvgIpc) is 2.52. The van der Waals surface area contributed by atoms with Gasteiger partial charge in [0.05, 0.1) is 6.61 Å². The fourth-order valence-corrected chi connectivity index (χ4v) is 2.97. The Labute approximate surface area is 75.5 Å². The molecule has 3 unspecified atom stereocenters. The Balaban J connectivity index is 1.91. The third-order valence-electron chi connectivity index (χ3n) is 3.54. The Kier molecular flexibility index (Phi) is 2.40. The molecule has 0 bridgehead atoms. The number of hydrogen-bond acceptors (Lipinski definition) is 1. The molecule has 1 aliphatic carbocycles. The van der Waals surface area contributed by atoms with E-state index in [1.54, 1.807) is 0 Å². The van der Waals surface area contributed by atoms with E-state index < -0.39 is 0 Å². The molecule has 70 valence electrons. The summed E-state index contributed by atoms with van der Waals surface area (Å²) in [6.45, 7) is 6.79. The smallest absolute Gasteiger partial charge is 0.0500 e. The zero-order valence-corrected chi connectivity index (χ0v) is 8.25. The van der Waals surface area contributed by atoms with Crippen LogP contribution in [-0.4, -0.2) is 13.2 Å². The second-order valence-corrected chi connectivity index (χ2v) is 4.93. The van der Waals surface area contributed by atoms with Crippen LogP contribution in [0.5, 0.6) is 0 Å². The van der Waals surface area contributed by atoms with Crippen molar-refractivity contribution in [2.75, 3.05) is 13.2 Å². The van der Waals surface area contributed by atoms with Gasteiger partial charge in [-0.15, -0.1) is 0 Å². The number of ether oxygens (including phenoxy) is 1. The lowest BCUT2D eigenvalue weighted by Crippen LogP contribution is -2.14. The fraction of sp³-hybridized carbons (Fsp3) is 1.00. The lowest BCUT2D eigenvalue weighted by molar-refractivity contribution is 0.159.